The predicted octanol–water partition coefficient (Wildman–Crippen LogP) is 3.66. The summed E-state index contributed by atoms with van der Waals surface area (Å²) in [5.41, 5.74) is 2.27. The average Bonchev–Trinajstić information content (AvgIpc) is 2.57. The third kappa shape index (κ3) is 3.42. The van der Waals surface area contributed by atoms with Gasteiger partial charge in [-0.3, -0.25) is 4.98 Å². The number of para-hydroxylation sites is 1. The van der Waals surface area contributed by atoms with Crippen molar-refractivity contribution < 1.29 is 4.74 Å². The van der Waals surface area contributed by atoms with Gasteiger partial charge in [-0.1, -0.05) is 24.6 Å². The number of nitrogens with one attached hydrogen (secondary N) is 1. The molecular weight excluding hydrogens is 260 g/mol. The van der Waals surface area contributed by atoms with Gasteiger partial charge in [0.2, 0.25) is 0 Å². The molecule has 0 aliphatic carbocycles. The van der Waals surface area contributed by atoms with Crippen molar-refractivity contribution in [1.29, 1.82) is 0 Å². The van der Waals surface area contributed by atoms with Crippen molar-refractivity contribution in [3.05, 3.63) is 48.8 Å². The minimum atomic E-state index is 0.174. The molecular formula is C18H22N2O. The summed E-state index contributed by atoms with van der Waals surface area (Å²) in [4.78, 5) is 4.08. The molecule has 0 saturated carbocycles. The van der Waals surface area contributed by atoms with Gasteiger partial charge in [-0.25, -0.2) is 0 Å². The van der Waals surface area contributed by atoms with Gasteiger partial charge in [0.15, 0.2) is 0 Å². The van der Waals surface area contributed by atoms with Crippen LogP contribution in [0.1, 0.15) is 26.2 Å². The minimum absolute atomic E-state index is 0.174. The van der Waals surface area contributed by atoms with Crippen LogP contribution >= 0.6 is 0 Å². The number of hydrogen-bond donors (Lipinski definition) is 1. The standard InChI is InChI=1S/C18H22N2O/c1-14(17-7-4-5-11-20-17)21-18-8-3-2-6-16(18)15-9-12-19-13-10-15/h2-3,6,8-10,12-14,17,20H,4-5,7,11H2,1H3. The van der Waals surface area contributed by atoms with Gasteiger partial charge in [0.1, 0.15) is 11.9 Å². The molecule has 3 nitrogen and oxygen atoms in total. The smallest absolute Gasteiger partial charge is 0.127 e. The monoisotopic (exact) mass is 282 g/mol. The number of hydrogen-bond acceptors (Lipinski definition) is 3. The fourth-order valence-electron chi connectivity index (χ4n) is 2.90. The molecule has 1 saturated heterocycles. The number of rotatable bonds is 4. The maximum absolute atomic E-state index is 6.26. The van der Waals surface area contributed by atoms with Gasteiger partial charge < -0.3 is 10.1 Å². The summed E-state index contributed by atoms with van der Waals surface area (Å²) in [5, 5.41) is 3.56. The molecule has 2 heterocycles. The van der Waals surface area contributed by atoms with Crippen molar-refractivity contribution in [1.82, 2.24) is 10.3 Å². The second kappa shape index (κ2) is 6.72. The Morgan fingerprint density at radius 3 is 2.71 bits per heavy atom. The molecule has 0 bridgehead atoms. The van der Waals surface area contributed by atoms with Gasteiger partial charge in [0, 0.05) is 24.0 Å². The summed E-state index contributed by atoms with van der Waals surface area (Å²) in [6.45, 7) is 3.26. The first-order chi connectivity index (χ1) is 10.3. The Labute approximate surface area is 126 Å². The van der Waals surface area contributed by atoms with E-state index in [2.05, 4.69) is 29.4 Å². The summed E-state index contributed by atoms with van der Waals surface area (Å²) >= 11 is 0. The first-order valence-corrected chi connectivity index (χ1v) is 7.74. The van der Waals surface area contributed by atoms with Gasteiger partial charge in [-0.15, -0.1) is 0 Å². The zero-order chi connectivity index (χ0) is 14.5. The van der Waals surface area contributed by atoms with Crippen LogP contribution in [0, 0.1) is 0 Å². The van der Waals surface area contributed by atoms with Crippen LogP contribution in [0.3, 0.4) is 0 Å². The van der Waals surface area contributed by atoms with E-state index in [0.29, 0.717) is 6.04 Å². The number of ether oxygens (including phenoxy) is 1. The molecule has 2 aromatic rings. The van der Waals surface area contributed by atoms with Crippen LogP contribution in [-0.4, -0.2) is 23.7 Å². The number of pyridine rings is 1. The van der Waals surface area contributed by atoms with Crippen LogP contribution in [0.4, 0.5) is 0 Å². The van der Waals surface area contributed by atoms with Crippen molar-refractivity contribution >= 4 is 0 Å². The molecule has 1 aromatic heterocycles. The Bertz CT molecular complexity index is 564. The topological polar surface area (TPSA) is 34.1 Å². The molecule has 1 aliphatic heterocycles. The average molecular weight is 282 g/mol. The molecule has 3 heteroatoms. The molecule has 21 heavy (non-hydrogen) atoms. The molecule has 1 N–H and O–H groups in total. The number of nitrogens with zero attached hydrogens (tertiary/aromatic N) is 1. The highest BCUT2D eigenvalue weighted by molar-refractivity contribution is 5.69. The predicted molar refractivity (Wildman–Crippen MR) is 85.4 cm³/mol. The number of aromatic nitrogens is 1. The Morgan fingerprint density at radius 2 is 1.95 bits per heavy atom. The Morgan fingerprint density at radius 1 is 1.14 bits per heavy atom. The molecule has 1 aromatic carbocycles. The lowest BCUT2D eigenvalue weighted by atomic mass is 10.0. The van der Waals surface area contributed by atoms with E-state index in [0.717, 1.165) is 23.4 Å². The molecule has 2 unspecified atom stereocenters. The van der Waals surface area contributed by atoms with Crippen LogP contribution in [0.2, 0.25) is 0 Å². The van der Waals surface area contributed by atoms with E-state index >= 15 is 0 Å². The fraction of sp³-hybridized carbons (Fsp3) is 0.389. The zero-order valence-corrected chi connectivity index (χ0v) is 12.5. The molecule has 1 aliphatic rings. The maximum atomic E-state index is 6.26. The maximum Gasteiger partial charge on any atom is 0.127 e. The molecule has 0 radical (unpaired) electrons. The Balaban J connectivity index is 1.79. The van der Waals surface area contributed by atoms with Crippen molar-refractivity contribution in [2.75, 3.05) is 6.54 Å². The van der Waals surface area contributed by atoms with Gasteiger partial charge in [0.25, 0.3) is 0 Å². The highest BCUT2D eigenvalue weighted by atomic mass is 16.5. The van der Waals surface area contributed by atoms with E-state index < -0.39 is 0 Å². The summed E-state index contributed by atoms with van der Waals surface area (Å²) in [7, 11) is 0. The molecule has 0 spiro atoms. The van der Waals surface area contributed by atoms with E-state index in [-0.39, 0.29) is 6.10 Å². The van der Waals surface area contributed by atoms with E-state index in [9.17, 15) is 0 Å². The lowest BCUT2D eigenvalue weighted by molar-refractivity contribution is 0.153. The second-order valence-electron chi connectivity index (χ2n) is 5.61. The summed E-state index contributed by atoms with van der Waals surface area (Å²) < 4.78 is 6.26. The first-order valence-electron chi connectivity index (χ1n) is 7.74. The molecule has 0 amide bonds. The second-order valence-corrected chi connectivity index (χ2v) is 5.61. The van der Waals surface area contributed by atoms with E-state index in [1.165, 1.54) is 19.3 Å². The lowest BCUT2D eigenvalue weighted by Gasteiger charge is -2.30. The Hall–Kier alpha value is -1.87. The van der Waals surface area contributed by atoms with E-state index in [4.69, 9.17) is 4.74 Å². The van der Waals surface area contributed by atoms with Crippen LogP contribution < -0.4 is 10.1 Å². The molecule has 2 atom stereocenters. The zero-order valence-electron chi connectivity index (χ0n) is 12.5. The van der Waals surface area contributed by atoms with Crippen molar-refractivity contribution in [3.8, 4) is 16.9 Å². The quantitative estimate of drug-likeness (QED) is 0.929. The fourth-order valence-corrected chi connectivity index (χ4v) is 2.90. The van der Waals surface area contributed by atoms with Crippen molar-refractivity contribution in [2.24, 2.45) is 0 Å². The van der Waals surface area contributed by atoms with Gasteiger partial charge >= 0.3 is 0 Å². The third-order valence-corrected chi connectivity index (χ3v) is 4.11. The van der Waals surface area contributed by atoms with Crippen LogP contribution in [0.5, 0.6) is 5.75 Å². The molecule has 1 fully saturated rings. The largest absolute Gasteiger partial charge is 0.488 e. The van der Waals surface area contributed by atoms with Gasteiger partial charge in [-0.05, 0) is 50.1 Å². The van der Waals surface area contributed by atoms with Gasteiger partial charge in [-0.2, -0.15) is 0 Å². The molecule has 110 valence electrons. The lowest BCUT2D eigenvalue weighted by Crippen LogP contribution is -2.44. The van der Waals surface area contributed by atoms with Crippen LogP contribution in [-0.2, 0) is 0 Å². The number of benzene rings is 1. The van der Waals surface area contributed by atoms with E-state index in [1.807, 2.05) is 36.7 Å². The van der Waals surface area contributed by atoms with E-state index in [1.54, 1.807) is 0 Å². The van der Waals surface area contributed by atoms with Gasteiger partial charge in [0.05, 0.1) is 0 Å². The van der Waals surface area contributed by atoms with Crippen molar-refractivity contribution in [3.63, 3.8) is 0 Å². The van der Waals surface area contributed by atoms with Crippen molar-refractivity contribution in [2.45, 2.75) is 38.3 Å². The summed E-state index contributed by atoms with van der Waals surface area (Å²) in [6, 6.07) is 12.7. The third-order valence-electron chi connectivity index (χ3n) is 4.11. The normalized spacial score (nSPS) is 20.0. The number of piperidine rings is 1. The SMILES string of the molecule is CC(Oc1ccccc1-c1ccncc1)C1CCCCN1. The summed E-state index contributed by atoms with van der Waals surface area (Å²) in [6.07, 6.45) is 7.57. The minimum Gasteiger partial charge on any atom is -0.488 e. The Kier molecular flexibility index (Phi) is 4.51. The highest BCUT2D eigenvalue weighted by Crippen LogP contribution is 2.30. The van der Waals surface area contributed by atoms with Crippen LogP contribution in [0.25, 0.3) is 11.1 Å². The first kappa shape index (κ1) is 14.1. The van der Waals surface area contributed by atoms with Crippen LogP contribution in [0.15, 0.2) is 48.8 Å². The summed E-state index contributed by atoms with van der Waals surface area (Å²) in [5.74, 6) is 0.948. The molecule has 3 rings (SSSR count). The highest BCUT2D eigenvalue weighted by Gasteiger charge is 2.21.